The van der Waals surface area contributed by atoms with Gasteiger partial charge in [0, 0.05) is 17.2 Å². The first-order valence-corrected chi connectivity index (χ1v) is 8.70. The van der Waals surface area contributed by atoms with Crippen LogP contribution in [0.5, 0.6) is 0 Å². The lowest BCUT2D eigenvalue weighted by Gasteiger charge is -2.56. The molecule has 1 aromatic rings. The van der Waals surface area contributed by atoms with Crippen LogP contribution < -0.4 is 0 Å². The van der Waals surface area contributed by atoms with Crippen LogP contribution in [-0.4, -0.2) is 20.0 Å². The Bertz CT molecular complexity index is 500. The van der Waals surface area contributed by atoms with Crippen LogP contribution in [-0.2, 0) is 12.0 Å². The molecule has 0 radical (unpaired) electrons. The van der Waals surface area contributed by atoms with Crippen molar-refractivity contribution in [3.05, 3.63) is 5.82 Å². The summed E-state index contributed by atoms with van der Waals surface area (Å²) in [5, 5.41) is 11.0. The van der Waals surface area contributed by atoms with Crippen molar-refractivity contribution in [1.29, 1.82) is 0 Å². The van der Waals surface area contributed by atoms with Crippen LogP contribution in [0.15, 0.2) is 5.16 Å². The van der Waals surface area contributed by atoms with Crippen molar-refractivity contribution in [1.82, 2.24) is 14.8 Å². The minimum Gasteiger partial charge on any atom is -0.304 e. The van der Waals surface area contributed by atoms with E-state index < -0.39 is 0 Å². The van der Waals surface area contributed by atoms with E-state index in [0.717, 1.165) is 24.3 Å². The minimum atomic E-state index is 0.407. The molecule has 0 saturated heterocycles. The van der Waals surface area contributed by atoms with E-state index in [-0.39, 0.29) is 0 Å². The van der Waals surface area contributed by atoms with E-state index in [4.69, 9.17) is 0 Å². The Morgan fingerprint density at radius 1 is 1.05 bits per heavy atom. The topological polar surface area (TPSA) is 30.7 Å². The Morgan fingerprint density at radius 2 is 1.68 bits per heavy atom. The largest absolute Gasteiger partial charge is 0.304 e. The second-order valence-electron chi connectivity index (χ2n) is 7.54. The highest BCUT2D eigenvalue weighted by molar-refractivity contribution is 7.99. The maximum atomic E-state index is 4.65. The molecule has 2 heterocycles. The molecule has 19 heavy (non-hydrogen) atoms. The Labute approximate surface area is 118 Å². The van der Waals surface area contributed by atoms with Crippen molar-refractivity contribution in [2.24, 2.45) is 17.8 Å². The van der Waals surface area contributed by atoms with Crippen molar-refractivity contribution < 1.29 is 0 Å². The van der Waals surface area contributed by atoms with E-state index in [9.17, 15) is 0 Å². The van der Waals surface area contributed by atoms with E-state index in [0.29, 0.717) is 10.7 Å². The minimum absolute atomic E-state index is 0.407. The summed E-state index contributed by atoms with van der Waals surface area (Å²) in [6.07, 6.45) is 8.71. The molecule has 4 saturated carbocycles. The first-order valence-electron chi connectivity index (χ1n) is 7.82. The highest BCUT2D eigenvalue weighted by Crippen LogP contribution is 2.60. The number of hydrogen-bond donors (Lipinski definition) is 0. The molecule has 102 valence electrons. The zero-order chi connectivity index (χ0) is 12.6. The van der Waals surface area contributed by atoms with Crippen LogP contribution >= 0.6 is 11.8 Å². The van der Waals surface area contributed by atoms with Gasteiger partial charge in [0.25, 0.3) is 0 Å². The molecule has 4 heteroatoms. The van der Waals surface area contributed by atoms with Gasteiger partial charge in [0.05, 0.1) is 0 Å². The molecule has 0 amide bonds. The maximum absolute atomic E-state index is 4.65. The molecule has 0 aromatic carbocycles. The Balaban J connectivity index is 1.59. The number of rotatable bonds is 1. The third kappa shape index (κ3) is 1.47. The van der Waals surface area contributed by atoms with Gasteiger partial charge in [0.2, 0.25) is 0 Å². The number of nitrogens with zero attached hydrogens (tertiary/aromatic N) is 3. The standard InChI is InChI=1S/C15H21N3S/c1-9-8-18-13(16-17-14(18)19-9)15-5-10-2-11(6-15)4-12(3-10)7-15/h9-12H,2-8H2,1H3/t9-,10?,11?,12?,15?/m0/s1. The summed E-state index contributed by atoms with van der Waals surface area (Å²) in [5.41, 5.74) is 0.407. The normalized spacial score (nSPS) is 46.8. The number of hydrogen-bond acceptors (Lipinski definition) is 3. The van der Waals surface area contributed by atoms with Gasteiger partial charge >= 0.3 is 0 Å². The van der Waals surface area contributed by atoms with Crippen molar-refractivity contribution in [3.8, 4) is 0 Å². The maximum Gasteiger partial charge on any atom is 0.191 e. The summed E-state index contributed by atoms with van der Waals surface area (Å²) >= 11 is 1.91. The van der Waals surface area contributed by atoms with Crippen LogP contribution in [0.2, 0.25) is 0 Å². The van der Waals surface area contributed by atoms with E-state index in [1.165, 1.54) is 49.5 Å². The summed E-state index contributed by atoms with van der Waals surface area (Å²) in [6.45, 7) is 3.44. The first kappa shape index (κ1) is 11.2. The third-order valence-electron chi connectivity index (χ3n) is 5.98. The summed E-state index contributed by atoms with van der Waals surface area (Å²) in [6, 6.07) is 0. The highest BCUT2D eigenvalue weighted by atomic mass is 32.2. The molecule has 4 aliphatic carbocycles. The van der Waals surface area contributed by atoms with Gasteiger partial charge in [-0.15, -0.1) is 10.2 Å². The average Bonchev–Trinajstić information content (AvgIpc) is 2.85. The molecular formula is C15H21N3S. The van der Waals surface area contributed by atoms with Gasteiger partial charge in [0.15, 0.2) is 5.16 Å². The van der Waals surface area contributed by atoms with E-state index >= 15 is 0 Å². The summed E-state index contributed by atoms with van der Waals surface area (Å²) in [5.74, 6) is 4.33. The Kier molecular flexibility index (Phi) is 2.10. The van der Waals surface area contributed by atoms with Crippen molar-refractivity contribution in [2.45, 2.75) is 67.8 Å². The fraction of sp³-hybridized carbons (Fsp3) is 0.867. The molecular weight excluding hydrogens is 254 g/mol. The zero-order valence-electron chi connectivity index (χ0n) is 11.5. The molecule has 4 fully saturated rings. The van der Waals surface area contributed by atoms with Gasteiger partial charge in [-0.2, -0.15) is 0 Å². The molecule has 0 spiro atoms. The molecule has 0 N–H and O–H groups in total. The molecule has 0 unspecified atom stereocenters. The number of thioether (sulfide) groups is 1. The lowest BCUT2D eigenvalue weighted by atomic mass is 9.49. The zero-order valence-corrected chi connectivity index (χ0v) is 12.3. The average molecular weight is 275 g/mol. The molecule has 4 bridgehead atoms. The van der Waals surface area contributed by atoms with Gasteiger partial charge in [-0.3, -0.25) is 0 Å². The molecule has 1 atom stereocenters. The molecule has 1 aromatic heterocycles. The van der Waals surface area contributed by atoms with Gasteiger partial charge < -0.3 is 4.57 Å². The summed E-state index contributed by atoms with van der Waals surface area (Å²) in [4.78, 5) is 0. The molecule has 3 nitrogen and oxygen atoms in total. The van der Waals surface area contributed by atoms with E-state index in [2.05, 4.69) is 21.7 Å². The van der Waals surface area contributed by atoms with Crippen LogP contribution in [0.25, 0.3) is 0 Å². The van der Waals surface area contributed by atoms with E-state index in [1.807, 2.05) is 11.8 Å². The Morgan fingerprint density at radius 3 is 2.32 bits per heavy atom. The monoisotopic (exact) mass is 275 g/mol. The number of fused-ring (bicyclic) bond motifs is 1. The lowest BCUT2D eigenvalue weighted by Crippen LogP contribution is -2.49. The fourth-order valence-corrected chi connectivity index (χ4v) is 6.75. The third-order valence-corrected chi connectivity index (χ3v) is 7.04. The second kappa shape index (κ2) is 3.57. The summed E-state index contributed by atoms with van der Waals surface area (Å²) < 4.78 is 2.46. The quantitative estimate of drug-likeness (QED) is 0.788. The van der Waals surface area contributed by atoms with Crippen molar-refractivity contribution >= 4 is 11.8 Å². The SMILES string of the molecule is C[C@H]1Cn2c(nnc2C23CC4CC(CC(C4)C2)C3)S1. The summed E-state index contributed by atoms with van der Waals surface area (Å²) in [7, 11) is 0. The van der Waals surface area contributed by atoms with Crippen LogP contribution in [0, 0.1) is 17.8 Å². The predicted octanol–water partition coefficient (Wildman–Crippen LogP) is 3.24. The smallest absolute Gasteiger partial charge is 0.191 e. The van der Waals surface area contributed by atoms with Crippen molar-refractivity contribution in [2.75, 3.05) is 0 Å². The molecule has 1 aliphatic heterocycles. The Hall–Kier alpha value is -0.510. The number of aromatic nitrogens is 3. The second-order valence-corrected chi connectivity index (χ2v) is 8.95. The van der Waals surface area contributed by atoms with Gasteiger partial charge in [0.1, 0.15) is 5.82 Å². The first-order chi connectivity index (χ1) is 9.22. The van der Waals surface area contributed by atoms with E-state index in [1.54, 1.807) is 0 Å². The van der Waals surface area contributed by atoms with Crippen LogP contribution in [0.4, 0.5) is 0 Å². The predicted molar refractivity (Wildman–Crippen MR) is 75.2 cm³/mol. The fourth-order valence-electron chi connectivity index (χ4n) is 5.79. The molecule has 6 rings (SSSR count). The van der Waals surface area contributed by atoms with Crippen molar-refractivity contribution in [3.63, 3.8) is 0 Å². The van der Waals surface area contributed by atoms with Gasteiger partial charge in [-0.25, -0.2) is 0 Å². The molecule has 5 aliphatic rings. The van der Waals surface area contributed by atoms with Crippen LogP contribution in [0.3, 0.4) is 0 Å². The van der Waals surface area contributed by atoms with Gasteiger partial charge in [-0.1, -0.05) is 18.7 Å². The van der Waals surface area contributed by atoms with Gasteiger partial charge in [-0.05, 0) is 56.3 Å². The lowest BCUT2D eigenvalue weighted by molar-refractivity contribution is -0.0113. The highest BCUT2D eigenvalue weighted by Gasteiger charge is 2.54. The van der Waals surface area contributed by atoms with Crippen LogP contribution in [0.1, 0.15) is 51.3 Å².